The van der Waals surface area contributed by atoms with Crippen molar-refractivity contribution in [2.45, 2.75) is 19.4 Å². The highest BCUT2D eigenvalue weighted by Crippen LogP contribution is 2.18. The van der Waals surface area contributed by atoms with E-state index in [1.807, 2.05) is 13.0 Å². The van der Waals surface area contributed by atoms with Crippen molar-refractivity contribution in [2.24, 2.45) is 5.84 Å². The summed E-state index contributed by atoms with van der Waals surface area (Å²) in [4.78, 5) is 0. The normalized spacial score (nSPS) is 12.1. The zero-order valence-corrected chi connectivity index (χ0v) is 8.05. The summed E-state index contributed by atoms with van der Waals surface area (Å²) < 4.78 is 13.0. The Morgan fingerprint density at radius 3 is 2.79 bits per heavy atom. The van der Waals surface area contributed by atoms with Gasteiger partial charge < -0.3 is 0 Å². The molecule has 14 heavy (non-hydrogen) atoms. The minimum absolute atomic E-state index is 0.186. The smallest absolute Gasteiger partial charge is 0.123 e. The highest BCUT2D eigenvalue weighted by atomic mass is 19.1. The van der Waals surface area contributed by atoms with Gasteiger partial charge in [-0.1, -0.05) is 6.07 Å². The molecular formula is C11H13FN2. The molecule has 3 heteroatoms. The van der Waals surface area contributed by atoms with Gasteiger partial charge in [0.1, 0.15) is 5.82 Å². The summed E-state index contributed by atoms with van der Waals surface area (Å²) in [5, 5.41) is 0. The predicted octanol–water partition coefficient (Wildman–Crippen LogP) is 1.66. The van der Waals surface area contributed by atoms with E-state index in [9.17, 15) is 4.39 Å². The lowest BCUT2D eigenvalue weighted by atomic mass is 10.0. The number of halogens is 1. The first-order valence-corrected chi connectivity index (χ1v) is 4.34. The molecule has 0 aliphatic carbocycles. The molecule has 3 N–H and O–H groups in total. The van der Waals surface area contributed by atoms with Crippen molar-refractivity contribution in [3.05, 3.63) is 35.1 Å². The number of hydrogen-bond acceptors (Lipinski definition) is 2. The third-order valence-electron chi connectivity index (χ3n) is 1.99. The van der Waals surface area contributed by atoms with Crippen LogP contribution in [0.4, 0.5) is 4.39 Å². The van der Waals surface area contributed by atoms with Crippen LogP contribution in [0.25, 0.3) is 0 Å². The average molecular weight is 192 g/mol. The number of nitrogens with one attached hydrogen (secondary N) is 1. The van der Waals surface area contributed by atoms with Crippen LogP contribution in [0.5, 0.6) is 0 Å². The van der Waals surface area contributed by atoms with E-state index in [1.54, 1.807) is 0 Å². The van der Waals surface area contributed by atoms with Gasteiger partial charge in [0.25, 0.3) is 0 Å². The maximum absolute atomic E-state index is 13.0. The number of rotatable bonds is 3. The molecule has 0 saturated heterocycles. The first-order valence-electron chi connectivity index (χ1n) is 4.34. The molecule has 0 aromatic heterocycles. The van der Waals surface area contributed by atoms with E-state index in [0.717, 1.165) is 11.1 Å². The number of hydrazine groups is 1. The quantitative estimate of drug-likeness (QED) is 0.434. The maximum atomic E-state index is 13.0. The Bertz CT molecular complexity index is 335. The van der Waals surface area contributed by atoms with Gasteiger partial charge in [0.05, 0.1) is 6.04 Å². The average Bonchev–Trinajstić information content (AvgIpc) is 2.12. The molecule has 0 bridgehead atoms. The van der Waals surface area contributed by atoms with Crippen LogP contribution < -0.4 is 11.3 Å². The second-order valence-electron chi connectivity index (χ2n) is 3.19. The van der Waals surface area contributed by atoms with Crippen molar-refractivity contribution >= 4 is 0 Å². The van der Waals surface area contributed by atoms with Crippen LogP contribution in [0.3, 0.4) is 0 Å². The van der Waals surface area contributed by atoms with Crippen molar-refractivity contribution in [2.75, 3.05) is 0 Å². The van der Waals surface area contributed by atoms with Crippen molar-refractivity contribution in [1.29, 1.82) is 0 Å². The zero-order chi connectivity index (χ0) is 10.6. The van der Waals surface area contributed by atoms with Crippen LogP contribution >= 0.6 is 0 Å². The van der Waals surface area contributed by atoms with E-state index in [4.69, 9.17) is 12.3 Å². The molecule has 0 amide bonds. The lowest BCUT2D eigenvalue weighted by molar-refractivity contribution is 0.558. The fourth-order valence-corrected chi connectivity index (χ4v) is 1.36. The van der Waals surface area contributed by atoms with Crippen LogP contribution in [0.1, 0.15) is 23.6 Å². The molecule has 2 nitrogen and oxygen atoms in total. The number of nitrogens with two attached hydrogens (primary N) is 1. The highest BCUT2D eigenvalue weighted by Gasteiger charge is 2.09. The van der Waals surface area contributed by atoms with Gasteiger partial charge in [0, 0.05) is 6.42 Å². The fourth-order valence-electron chi connectivity index (χ4n) is 1.36. The van der Waals surface area contributed by atoms with Crippen LogP contribution in [-0.4, -0.2) is 0 Å². The molecule has 0 radical (unpaired) electrons. The number of benzene rings is 1. The molecule has 0 aliphatic rings. The Balaban J connectivity index is 2.98. The number of terminal acetylenes is 1. The minimum atomic E-state index is -0.266. The summed E-state index contributed by atoms with van der Waals surface area (Å²) >= 11 is 0. The van der Waals surface area contributed by atoms with Crippen LogP contribution in [0, 0.1) is 25.1 Å². The topological polar surface area (TPSA) is 38.0 Å². The van der Waals surface area contributed by atoms with E-state index >= 15 is 0 Å². The van der Waals surface area contributed by atoms with E-state index in [2.05, 4.69) is 11.3 Å². The first kappa shape index (κ1) is 10.7. The summed E-state index contributed by atoms with van der Waals surface area (Å²) in [6, 6.07) is 4.58. The van der Waals surface area contributed by atoms with E-state index < -0.39 is 0 Å². The Hall–Kier alpha value is -1.37. The summed E-state index contributed by atoms with van der Waals surface area (Å²) in [5.74, 6) is 7.55. The third kappa shape index (κ3) is 2.56. The molecule has 0 fully saturated rings. The van der Waals surface area contributed by atoms with Gasteiger partial charge in [-0.25, -0.2) is 4.39 Å². The maximum Gasteiger partial charge on any atom is 0.123 e. The van der Waals surface area contributed by atoms with Crippen LogP contribution in [0.15, 0.2) is 18.2 Å². The lowest BCUT2D eigenvalue weighted by Gasteiger charge is -2.13. The molecular weight excluding hydrogens is 179 g/mol. The van der Waals surface area contributed by atoms with Gasteiger partial charge in [0.15, 0.2) is 0 Å². The molecule has 0 heterocycles. The Morgan fingerprint density at radius 1 is 1.57 bits per heavy atom. The van der Waals surface area contributed by atoms with Gasteiger partial charge in [-0.2, -0.15) is 0 Å². The lowest BCUT2D eigenvalue weighted by Crippen LogP contribution is -2.27. The van der Waals surface area contributed by atoms with Crippen LogP contribution in [0.2, 0.25) is 0 Å². The second kappa shape index (κ2) is 4.75. The minimum Gasteiger partial charge on any atom is -0.271 e. The molecule has 1 atom stereocenters. The van der Waals surface area contributed by atoms with Crippen LogP contribution in [-0.2, 0) is 0 Å². The molecule has 0 aliphatic heterocycles. The predicted molar refractivity (Wildman–Crippen MR) is 54.7 cm³/mol. The standard InChI is InChI=1S/C11H13FN2/c1-3-4-11(14-13)9-5-8(2)6-10(12)7-9/h1,5-7,11,14H,4,13H2,2H3. The second-order valence-corrected chi connectivity index (χ2v) is 3.19. The van der Waals surface area contributed by atoms with E-state index in [0.29, 0.717) is 6.42 Å². The van der Waals surface area contributed by atoms with Crippen molar-refractivity contribution < 1.29 is 4.39 Å². The monoisotopic (exact) mass is 192 g/mol. The first-order chi connectivity index (χ1) is 6.67. The Morgan fingerprint density at radius 2 is 2.29 bits per heavy atom. The van der Waals surface area contributed by atoms with Gasteiger partial charge in [-0.3, -0.25) is 11.3 Å². The largest absolute Gasteiger partial charge is 0.271 e. The molecule has 1 unspecified atom stereocenters. The molecule has 1 aromatic carbocycles. The third-order valence-corrected chi connectivity index (χ3v) is 1.99. The van der Waals surface area contributed by atoms with Crippen molar-refractivity contribution in [3.8, 4) is 12.3 Å². The van der Waals surface area contributed by atoms with Crippen molar-refractivity contribution in [3.63, 3.8) is 0 Å². The van der Waals surface area contributed by atoms with Gasteiger partial charge >= 0.3 is 0 Å². The summed E-state index contributed by atoms with van der Waals surface area (Å²) in [6.45, 7) is 1.83. The van der Waals surface area contributed by atoms with E-state index in [1.165, 1.54) is 12.1 Å². The summed E-state index contributed by atoms with van der Waals surface area (Å²) in [6.07, 6.45) is 5.62. The molecule has 1 aromatic rings. The molecule has 0 spiro atoms. The summed E-state index contributed by atoms with van der Waals surface area (Å²) in [7, 11) is 0. The fraction of sp³-hybridized carbons (Fsp3) is 0.273. The number of aryl methyl sites for hydroxylation is 1. The SMILES string of the molecule is C#CCC(NN)c1cc(C)cc(F)c1. The van der Waals surface area contributed by atoms with Crippen molar-refractivity contribution in [1.82, 2.24) is 5.43 Å². The Kier molecular flexibility index (Phi) is 3.63. The molecule has 74 valence electrons. The summed E-state index contributed by atoms with van der Waals surface area (Å²) in [5.41, 5.74) is 4.20. The van der Waals surface area contributed by atoms with Gasteiger partial charge in [-0.05, 0) is 30.2 Å². The van der Waals surface area contributed by atoms with Gasteiger partial charge in [0.2, 0.25) is 0 Å². The van der Waals surface area contributed by atoms with E-state index in [-0.39, 0.29) is 11.9 Å². The van der Waals surface area contributed by atoms with Gasteiger partial charge in [-0.15, -0.1) is 12.3 Å². The molecule has 0 saturated carbocycles. The zero-order valence-electron chi connectivity index (χ0n) is 8.05. The number of hydrogen-bond donors (Lipinski definition) is 2. The molecule has 1 rings (SSSR count). The highest BCUT2D eigenvalue weighted by molar-refractivity contribution is 5.27. The Labute approximate surface area is 83.3 Å².